The van der Waals surface area contributed by atoms with Crippen molar-refractivity contribution in [1.29, 1.82) is 0 Å². The summed E-state index contributed by atoms with van der Waals surface area (Å²) < 4.78 is 25.3. The summed E-state index contributed by atoms with van der Waals surface area (Å²) in [7, 11) is 1.77. The van der Waals surface area contributed by atoms with E-state index in [9.17, 15) is 0 Å². The van der Waals surface area contributed by atoms with Gasteiger partial charge in [0.25, 0.3) is 0 Å². The van der Waals surface area contributed by atoms with Gasteiger partial charge in [-0.2, -0.15) is 0 Å². The molecule has 0 amide bonds. The molecule has 5 rings (SSSR count). The number of benzene rings is 4. The van der Waals surface area contributed by atoms with E-state index in [0.29, 0.717) is 31.0 Å². The highest BCUT2D eigenvalue weighted by molar-refractivity contribution is 8.00. The maximum atomic E-state index is 6.88. The van der Waals surface area contributed by atoms with E-state index in [1.165, 1.54) is 22.3 Å². The number of ether oxygens (including phenoxy) is 4. The van der Waals surface area contributed by atoms with Gasteiger partial charge in [0.1, 0.15) is 17.6 Å². The molecule has 4 aromatic carbocycles. The van der Waals surface area contributed by atoms with Crippen LogP contribution in [-0.4, -0.2) is 31.2 Å². The summed E-state index contributed by atoms with van der Waals surface area (Å²) >= 11 is 2.01. The summed E-state index contributed by atoms with van der Waals surface area (Å²) in [4.78, 5) is 0. The molecule has 4 aromatic rings. The molecule has 0 N–H and O–H groups in total. The summed E-state index contributed by atoms with van der Waals surface area (Å²) in [5.41, 5.74) is 6.00. The monoisotopic (exact) mass is 596 g/mol. The topological polar surface area (TPSA) is 36.9 Å². The van der Waals surface area contributed by atoms with E-state index in [0.717, 1.165) is 29.9 Å². The van der Waals surface area contributed by atoms with Gasteiger partial charge in [-0.3, -0.25) is 0 Å². The molecule has 0 saturated carbocycles. The molecule has 4 nitrogen and oxygen atoms in total. The first-order valence-corrected chi connectivity index (χ1v) is 16.4. The molecule has 226 valence electrons. The van der Waals surface area contributed by atoms with Crippen molar-refractivity contribution < 1.29 is 18.9 Å². The molecular weight excluding hydrogens is 552 g/mol. The van der Waals surface area contributed by atoms with Crippen LogP contribution in [0.15, 0.2) is 103 Å². The molecule has 1 aliphatic heterocycles. The zero-order valence-electron chi connectivity index (χ0n) is 25.8. The molecular formula is C38H44O4S. The van der Waals surface area contributed by atoms with Crippen LogP contribution in [0.3, 0.4) is 0 Å². The van der Waals surface area contributed by atoms with Crippen LogP contribution in [0.5, 0.6) is 11.5 Å². The van der Waals surface area contributed by atoms with Crippen molar-refractivity contribution in [3.63, 3.8) is 0 Å². The van der Waals surface area contributed by atoms with Gasteiger partial charge < -0.3 is 18.9 Å². The van der Waals surface area contributed by atoms with Crippen LogP contribution in [0, 0.1) is 5.92 Å². The van der Waals surface area contributed by atoms with Gasteiger partial charge in [0.15, 0.2) is 0 Å². The maximum Gasteiger partial charge on any atom is 0.123 e. The molecule has 1 saturated heterocycles. The van der Waals surface area contributed by atoms with Gasteiger partial charge in [-0.05, 0) is 66.1 Å². The third-order valence-electron chi connectivity index (χ3n) is 8.26. The Hall–Kier alpha value is -3.25. The molecule has 5 heteroatoms. The lowest BCUT2D eigenvalue weighted by Crippen LogP contribution is -2.48. The Morgan fingerprint density at radius 2 is 1.28 bits per heavy atom. The Bertz CT molecular complexity index is 1390. The lowest BCUT2D eigenvalue weighted by Gasteiger charge is -2.45. The van der Waals surface area contributed by atoms with Crippen molar-refractivity contribution >= 4 is 11.8 Å². The average molecular weight is 597 g/mol. The second-order valence-corrected chi connectivity index (χ2v) is 12.6. The normalized spacial score (nSPS) is 21.8. The van der Waals surface area contributed by atoms with E-state index < -0.39 is 0 Å². The van der Waals surface area contributed by atoms with Gasteiger partial charge in [0, 0.05) is 10.8 Å². The molecule has 5 atom stereocenters. The third kappa shape index (κ3) is 8.03. The lowest BCUT2D eigenvalue weighted by atomic mass is 9.88. The van der Waals surface area contributed by atoms with Gasteiger partial charge in [0.05, 0.1) is 38.3 Å². The molecule has 0 aliphatic carbocycles. The summed E-state index contributed by atoms with van der Waals surface area (Å²) in [6.07, 6.45) is 1.67. The predicted octanol–water partition coefficient (Wildman–Crippen LogP) is 9.06. The van der Waals surface area contributed by atoms with E-state index in [4.69, 9.17) is 18.9 Å². The largest absolute Gasteiger partial charge is 0.496 e. The molecule has 0 radical (unpaired) electrons. The Morgan fingerprint density at radius 1 is 0.674 bits per heavy atom. The van der Waals surface area contributed by atoms with Gasteiger partial charge in [-0.1, -0.05) is 98.8 Å². The van der Waals surface area contributed by atoms with Gasteiger partial charge in [0.2, 0.25) is 0 Å². The van der Waals surface area contributed by atoms with Crippen molar-refractivity contribution in [2.45, 2.75) is 69.5 Å². The van der Waals surface area contributed by atoms with Crippen LogP contribution in [0.25, 0.3) is 0 Å². The molecule has 1 heterocycles. The minimum Gasteiger partial charge on any atom is -0.496 e. The minimum absolute atomic E-state index is 0.0564. The van der Waals surface area contributed by atoms with E-state index in [-0.39, 0.29) is 17.5 Å². The van der Waals surface area contributed by atoms with Crippen molar-refractivity contribution in [3.05, 3.63) is 131 Å². The smallest absolute Gasteiger partial charge is 0.123 e. The maximum absolute atomic E-state index is 6.88. The second-order valence-electron chi connectivity index (χ2n) is 11.2. The van der Waals surface area contributed by atoms with E-state index >= 15 is 0 Å². The highest BCUT2D eigenvalue weighted by atomic mass is 32.2. The Morgan fingerprint density at radius 3 is 1.86 bits per heavy atom. The summed E-state index contributed by atoms with van der Waals surface area (Å²) in [6.45, 7) is 8.38. The highest BCUT2D eigenvalue weighted by Crippen LogP contribution is 2.51. The third-order valence-corrected chi connectivity index (χ3v) is 10.2. The Labute approximate surface area is 261 Å². The molecule has 0 spiro atoms. The zero-order chi connectivity index (χ0) is 30.0. The SMILES string of the molecule is CCOc1ccc(Cc2ccc(OC)c([C@@H]3S[C@H](CC)[C@@H](C)[C@H](OCc4ccccc4)[C@H]3OCc3ccccc3)c2)cc1. The number of thioether (sulfide) groups is 1. The number of hydrogen-bond donors (Lipinski definition) is 0. The summed E-state index contributed by atoms with van der Waals surface area (Å²) in [6, 6.07) is 35.9. The van der Waals surface area contributed by atoms with Gasteiger partial charge in [-0.25, -0.2) is 0 Å². The van der Waals surface area contributed by atoms with Crippen LogP contribution >= 0.6 is 11.8 Å². The number of hydrogen-bond acceptors (Lipinski definition) is 5. The average Bonchev–Trinajstić information content (AvgIpc) is 3.05. The van der Waals surface area contributed by atoms with Crippen LogP contribution in [0.1, 0.15) is 60.3 Å². The van der Waals surface area contributed by atoms with Crippen molar-refractivity contribution in [3.8, 4) is 11.5 Å². The first-order chi connectivity index (χ1) is 21.1. The van der Waals surface area contributed by atoms with E-state index in [2.05, 4.69) is 105 Å². The van der Waals surface area contributed by atoms with Crippen LogP contribution in [0.4, 0.5) is 0 Å². The predicted molar refractivity (Wildman–Crippen MR) is 177 cm³/mol. The molecule has 0 aromatic heterocycles. The molecule has 1 fully saturated rings. The van der Waals surface area contributed by atoms with Crippen molar-refractivity contribution in [1.82, 2.24) is 0 Å². The fraction of sp³-hybridized carbons (Fsp3) is 0.368. The molecule has 0 bridgehead atoms. The standard InChI is InChI=1S/C38H44O4S/c1-5-35-27(3)36(41-25-29-13-9-7-10-14-29)37(42-26-30-15-11-8-12-16-30)38(43-35)33-24-31(19-22-34(33)39-4)23-28-17-20-32(21-18-28)40-6-2/h7-22,24,27,35-38H,5-6,23,25-26H2,1-4H3/t27-,35-,36+,37-,38+/m1/s1. The fourth-order valence-electron chi connectivity index (χ4n) is 5.98. The Kier molecular flexibility index (Phi) is 11.2. The highest BCUT2D eigenvalue weighted by Gasteiger charge is 2.45. The quantitative estimate of drug-likeness (QED) is 0.154. The van der Waals surface area contributed by atoms with Crippen molar-refractivity contribution in [2.24, 2.45) is 5.92 Å². The van der Waals surface area contributed by atoms with Crippen LogP contribution < -0.4 is 9.47 Å². The van der Waals surface area contributed by atoms with Gasteiger partial charge >= 0.3 is 0 Å². The zero-order valence-corrected chi connectivity index (χ0v) is 26.6. The minimum atomic E-state index is -0.152. The van der Waals surface area contributed by atoms with E-state index in [1.807, 2.05) is 30.8 Å². The molecule has 0 unspecified atom stereocenters. The van der Waals surface area contributed by atoms with Gasteiger partial charge in [-0.15, -0.1) is 11.8 Å². The molecule has 1 aliphatic rings. The van der Waals surface area contributed by atoms with Crippen molar-refractivity contribution in [2.75, 3.05) is 13.7 Å². The van der Waals surface area contributed by atoms with Crippen LogP contribution in [0.2, 0.25) is 0 Å². The fourth-order valence-corrected chi connectivity index (χ4v) is 7.67. The first kappa shape index (κ1) is 31.2. The second kappa shape index (κ2) is 15.5. The number of rotatable bonds is 13. The van der Waals surface area contributed by atoms with E-state index in [1.54, 1.807) is 7.11 Å². The molecule has 43 heavy (non-hydrogen) atoms. The van der Waals surface area contributed by atoms with Crippen LogP contribution in [-0.2, 0) is 29.1 Å². The number of methoxy groups -OCH3 is 1. The first-order valence-electron chi connectivity index (χ1n) is 15.4. The summed E-state index contributed by atoms with van der Waals surface area (Å²) in [5.74, 6) is 2.13. The summed E-state index contributed by atoms with van der Waals surface area (Å²) in [5, 5.41) is 0.489. The Balaban J connectivity index is 1.47. The lowest BCUT2D eigenvalue weighted by molar-refractivity contribution is -0.112.